The Morgan fingerprint density at radius 3 is 1.89 bits per heavy atom. The van der Waals surface area contributed by atoms with E-state index in [0.29, 0.717) is 0 Å². The van der Waals surface area contributed by atoms with Crippen LogP contribution < -0.4 is 0 Å². The van der Waals surface area contributed by atoms with E-state index >= 15 is 0 Å². The zero-order valence-electron chi connectivity index (χ0n) is 4.17. The zero-order chi connectivity index (χ0) is 7.44. The van der Waals surface area contributed by atoms with Crippen molar-refractivity contribution in [3.8, 4) is 0 Å². The quantitative estimate of drug-likeness (QED) is 0.521. The minimum atomic E-state index is -1.88. The molecule has 0 saturated heterocycles. The summed E-state index contributed by atoms with van der Waals surface area (Å²) in [4.78, 5) is 19.1. The highest BCUT2D eigenvalue weighted by Crippen LogP contribution is 1.93. The SMILES string of the molecule is O=C(O)/C=C(\F)C(=O)O. The van der Waals surface area contributed by atoms with Crippen molar-refractivity contribution in [3.63, 3.8) is 0 Å². The van der Waals surface area contributed by atoms with E-state index in [1.807, 2.05) is 0 Å². The van der Waals surface area contributed by atoms with Crippen LogP contribution in [0.5, 0.6) is 0 Å². The highest BCUT2D eigenvalue weighted by Gasteiger charge is 2.06. The van der Waals surface area contributed by atoms with E-state index < -0.39 is 17.8 Å². The van der Waals surface area contributed by atoms with Crippen molar-refractivity contribution in [2.75, 3.05) is 0 Å². The van der Waals surface area contributed by atoms with Crippen LogP contribution in [0, 0.1) is 0 Å². The van der Waals surface area contributed by atoms with Crippen molar-refractivity contribution in [1.82, 2.24) is 0 Å². The average molecular weight is 134 g/mol. The summed E-state index contributed by atoms with van der Waals surface area (Å²) in [6.07, 6.45) is -0.0255. The molecule has 0 aromatic rings. The van der Waals surface area contributed by atoms with Gasteiger partial charge >= 0.3 is 11.9 Å². The smallest absolute Gasteiger partial charge is 0.365 e. The summed E-state index contributed by atoms with van der Waals surface area (Å²) < 4.78 is 11.7. The number of carboxylic acids is 2. The Bertz CT molecular complexity index is 171. The number of carboxylic acid groups (broad SMARTS) is 2. The van der Waals surface area contributed by atoms with Gasteiger partial charge in [-0.25, -0.2) is 9.59 Å². The lowest BCUT2D eigenvalue weighted by Crippen LogP contribution is -1.98. The number of hydrogen-bond donors (Lipinski definition) is 2. The number of aliphatic carboxylic acids is 2. The summed E-state index contributed by atoms with van der Waals surface area (Å²) in [5.74, 6) is -5.17. The first-order valence-electron chi connectivity index (χ1n) is 1.87. The molecule has 4 nitrogen and oxygen atoms in total. The van der Waals surface area contributed by atoms with Gasteiger partial charge in [-0.05, 0) is 0 Å². The Morgan fingerprint density at radius 2 is 1.78 bits per heavy atom. The van der Waals surface area contributed by atoms with Gasteiger partial charge in [-0.1, -0.05) is 0 Å². The molecular formula is C4H3FO4. The summed E-state index contributed by atoms with van der Waals surface area (Å²) in [5, 5.41) is 15.5. The van der Waals surface area contributed by atoms with Gasteiger partial charge in [0.05, 0.1) is 6.08 Å². The van der Waals surface area contributed by atoms with Crippen molar-refractivity contribution in [1.29, 1.82) is 0 Å². The lowest BCUT2D eigenvalue weighted by atomic mass is 10.5. The second-order valence-corrected chi connectivity index (χ2v) is 1.14. The molecule has 0 aromatic heterocycles. The molecule has 2 N–H and O–H groups in total. The van der Waals surface area contributed by atoms with Crippen LogP contribution in [0.4, 0.5) is 4.39 Å². The fraction of sp³-hybridized carbons (Fsp3) is 0. The van der Waals surface area contributed by atoms with Gasteiger partial charge in [0.25, 0.3) is 0 Å². The molecule has 0 fully saturated rings. The topological polar surface area (TPSA) is 74.6 Å². The molecule has 5 heteroatoms. The minimum absolute atomic E-state index is 0.0255. The second kappa shape index (κ2) is 2.81. The molecule has 0 unspecified atom stereocenters. The molecule has 0 spiro atoms. The maximum atomic E-state index is 11.7. The van der Waals surface area contributed by atoms with Gasteiger partial charge in [0, 0.05) is 0 Å². The number of carbonyl (C=O) groups is 2. The van der Waals surface area contributed by atoms with Gasteiger partial charge in [0.2, 0.25) is 5.83 Å². The van der Waals surface area contributed by atoms with Gasteiger partial charge in [0.1, 0.15) is 0 Å². The molecular weight excluding hydrogens is 131 g/mol. The molecule has 0 bridgehead atoms. The average Bonchev–Trinajstić information content (AvgIpc) is 1.63. The standard InChI is InChI=1S/C4H3FO4/c5-2(4(8)9)1-3(6)7/h1H,(H,6,7)(H,8,9)/b2-1-. The molecule has 0 aliphatic heterocycles. The third-order valence-electron chi connectivity index (χ3n) is 0.455. The Kier molecular flexibility index (Phi) is 2.37. The summed E-state index contributed by atoms with van der Waals surface area (Å²) in [5.41, 5.74) is 0. The number of rotatable bonds is 2. The molecule has 0 saturated carbocycles. The Morgan fingerprint density at radius 1 is 1.33 bits per heavy atom. The van der Waals surface area contributed by atoms with Crippen LogP contribution in [0.15, 0.2) is 11.9 Å². The first-order chi connectivity index (χ1) is 4.04. The maximum Gasteiger partial charge on any atom is 0.365 e. The Hall–Kier alpha value is -1.39. The van der Waals surface area contributed by atoms with E-state index in [2.05, 4.69) is 0 Å². The zero-order valence-corrected chi connectivity index (χ0v) is 4.17. The molecule has 0 atom stereocenters. The van der Waals surface area contributed by atoms with Gasteiger partial charge in [-0.15, -0.1) is 0 Å². The van der Waals surface area contributed by atoms with Crippen LogP contribution in [0.25, 0.3) is 0 Å². The Balaban J connectivity index is 4.17. The lowest BCUT2D eigenvalue weighted by molar-refractivity contribution is -0.136. The van der Waals surface area contributed by atoms with Crippen molar-refractivity contribution in [2.24, 2.45) is 0 Å². The molecule has 0 aromatic carbocycles. The third kappa shape index (κ3) is 3.22. The van der Waals surface area contributed by atoms with E-state index in [1.165, 1.54) is 0 Å². The molecule has 50 valence electrons. The van der Waals surface area contributed by atoms with E-state index in [4.69, 9.17) is 10.2 Å². The minimum Gasteiger partial charge on any atom is -0.478 e. The summed E-state index contributed by atoms with van der Waals surface area (Å²) in [6, 6.07) is 0. The number of halogens is 1. The summed E-state index contributed by atoms with van der Waals surface area (Å²) in [6.45, 7) is 0. The van der Waals surface area contributed by atoms with Crippen LogP contribution in [-0.4, -0.2) is 22.2 Å². The van der Waals surface area contributed by atoms with Crippen LogP contribution in [0.1, 0.15) is 0 Å². The molecule has 0 aliphatic rings. The van der Waals surface area contributed by atoms with E-state index in [0.717, 1.165) is 0 Å². The van der Waals surface area contributed by atoms with Gasteiger partial charge in [0.15, 0.2) is 0 Å². The first kappa shape index (κ1) is 7.61. The summed E-state index contributed by atoms with van der Waals surface area (Å²) >= 11 is 0. The fourth-order valence-electron chi connectivity index (χ4n) is 0.170. The van der Waals surface area contributed by atoms with Gasteiger partial charge in [-0.2, -0.15) is 4.39 Å². The highest BCUT2D eigenvalue weighted by atomic mass is 19.1. The molecule has 0 amide bonds. The number of hydrogen-bond acceptors (Lipinski definition) is 2. The molecule has 9 heavy (non-hydrogen) atoms. The van der Waals surface area contributed by atoms with Crippen LogP contribution in [0.2, 0.25) is 0 Å². The predicted octanol–water partition coefficient (Wildman–Crippen LogP) is 0.00900. The first-order valence-corrected chi connectivity index (χ1v) is 1.87. The van der Waals surface area contributed by atoms with Gasteiger partial charge in [-0.3, -0.25) is 0 Å². The highest BCUT2D eigenvalue weighted by molar-refractivity contribution is 5.92. The van der Waals surface area contributed by atoms with Crippen molar-refractivity contribution < 1.29 is 24.2 Å². The normalized spacial score (nSPS) is 11.0. The van der Waals surface area contributed by atoms with E-state index in [9.17, 15) is 14.0 Å². The van der Waals surface area contributed by atoms with Crippen LogP contribution in [-0.2, 0) is 9.59 Å². The Labute approximate surface area is 49.2 Å². The predicted molar refractivity (Wildman–Crippen MR) is 24.5 cm³/mol. The van der Waals surface area contributed by atoms with Crippen LogP contribution >= 0.6 is 0 Å². The molecule has 0 aliphatic carbocycles. The monoisotopic (exact) mass is 134 g/mol. The van der Waals surface area contributed by atoms with Crippen molar-refractivity contribution in [2.45, 2.75) is 0 Å². The van der Waals surface area contributed by atoms with Crippen LogP contribution in [0.3, 0.4) is 0 Å². The van der Waals surface area contributed by atoms with Gasteiger partial charge < -0.3 is 10.2 Å². The fourth-order valence-corrected chi connectivity index (χ4v) is 0.170. The molecule has 0 radical (unpaired) electrons. The molecule has 0 rings (SSSR count). The van der Waals surface area contributed by atoms with E-state index in [1.54, 1.807) is 0 Å². The largest absolute Gasteiger partial charge is 0.478 e. The molecule has 0 heterocycles. The van der Waals surface area contributed by atoms with Crippen molar-refractivity contribution in [3.05, 3.63) is 11.9 Å². The summed E-state index contributed by atoms with van der Waals surface area (Å²) in [7, 11) is 0. The van der Waals surface area contributed by atoms with Crippen molar-refractivity contribution >= 4 is 11.9 Å². The second-order valence-electron chi connectivity index (χ2n) is 1.14. The maximum absolute atomic E-state index is 11.7. The van der Waals surface area contributed by atoms with E-state index in [-0.39, 0.29) is 6.08 Å². The third-order valence-corrected chi connectivity index (χ3v) is 0.455. The lowest BCUT2D eigenvalue weighted by Gasteiger charge is -1.82.